The minimum Gasteiger partial charge on any atom is -0.495 e. The lowest BCUT2D eigenvalue weighted by atomic mass is 10.2. The summed E-state index contributed by atoms with van der Waals surface area (Å²) >= 11 is 1.20. The molecule has 0 unspecified atom stereocenters. The molecule has 0 spiro atoms. The third kappa shape index (κ3) is 5.79. The first kappa shape index (κ1) is 20.3. The molecule has 7 nitrogen and oxygen atoms in total. The molecule has 0 saturated carbocycles. The molecule has 1 aromatic carbocycles. The average Bonchev–Trinajstić information content (AvgIpc) is 2.77. The van der Waals surface area contributed by atoms with E-state index in [2.05, 4.69) is 20.6 Å². The van der Waals surface area contributed by atoms with Gasteiger partial charge in [0.2, 0.25) is 5.91 Å². The predicted octanol–water partition coefficient (Wildman–Crippen LogP) is 3.15. The zero-order valence-electron chi connectivity index (χ0n) is 15.8. The third-order valence-corrected chi connectivity index (χ3v) is 4.92. The predicted molar refractivity (Wildman–Crippen MR) is 112 cm³/mol. The Hall–Kier alpha value is -3.39. The summed E-state index contributed by atoms with van der Waals surface area (Å²) in [5, 5.41) is 6.15. The zero-order valence-corrected chi connectivity index (χ0v) is 16.6. The molecule has 0 aliphatic rings. The Morgan fingerprint density at radius 2 is 1.90 bits per heavy atom. The molecule has 0 bridgehead atoms. The number of para-hydroxylation sites is 2. The molecule has 2 amide bonds. The van der Waals surface area contributed by atoms with Gasteiger partial charge in [0, 0.05) is 25.1 Å². The van der Waals surface area contributed by atoms with Crippen molar-refractivity contribution in [1.29, 1.82) is 0 Å². The number of hydrogen-bond donors (Lipinski definition) is 2. The normalized spacial score (nSPS) is 10.2. The number of nitrogens with zero attached hydrogens (tertiary/aromatic N) is 2. The number of amides is 2. The first-order chi connectivity index (χ1) is 14.2. The number of nitrogens with one attached hydrogen (secondary N) is 2. The van der Waals surface area contributed by atoms with E-state index in [0.29, 0.717) is 28.6 Å². The van der Waals surface area contributed by atoms with Gasteiger partial charge in [0.25, 0.3) is 5.91 Å². The van der Waals surface area contributed by atoms with E-state index in [1.807, 2.05) is 24.3 Å². The monoisotopic (exact) mass is 408 g/mol. The van der Waals surface area contributed by atoms with Crippen molar-refractivity contribution in [1.82, 2.24) is 15.3 Å². The fraction of sp³-hybridized carbons (Fsp3) is 0.143. The second-order valence-electron chi connectivity index (χ2n) is 5.94. The maximum absolute atomic E-state index is 12.6. The number of aromatic nitrogens is 2. The lowest BCUT2D eigenvalue weighted by molar-refractivity contribution is -0.113. The molecule has 0 radical (unpaired) electrons. The van der Waals surface area contributed by atoms with Crippen LogP contribution in [0.2, 0.25) is 0 Å². The molecule has 8 heteroatoms. The second-order valence-corrected chi connectivity index (χ2v) is 6.90. The molecule has 3 rings (SSSR count). The van der Waals surface area contributed by atoms with Gasteiger partial charge >= 0.3 is 0 Å². The van der Waals surface area contributed by atoms with Crippen molar-refractivity contribution in [3.8, 4) is 5.75 Å². The van der Waals surface area contributed by atoms with Gasteiger partial charge in [-0.05, 0) is 35.9 Å². The van der Waals surface area contributed by atoms with E-state index in [-0.39, 0.29) is 17.6 Å². The van der Waals surface area contributed by atoms with Crippen LogP contribution in [0, 0.1) is 0 Å². The van der Waals surface area contributed by atoms with Crippen LogP contribution < -0.4 is 15.4 Å². The Morgan fingerprint density at radius 1 is 1.07 bits per heavy atom. The molecule has 0 aliphatic heterocycles. The number of hydrogen-bond acceptors (Lipinski definition) is 6. The van der Waals surface area contributed by atoms with Crippen LogP contribution in [0.1, 0.15) is 15.9 Å². The summed E-state index contributed by atoms with van der Waals surface area (Å²) in [6.07, 6.45) is 4.97. The number of rotatable bonds is 8. The highest BCUT2D eigenvalue weighted by Gasteiger charge is 2.15. The van der Waals surface area contributed by atoms with Crippen LogP contribution in [0.15, 0.2) is 72.1 Å². The van der Waals surface area contributed by atoms with Gasteiger partial charge in [-0.3, -0.25) is 14.6 Å². The van der Waals surface area contributed by atoms with Gasteiger partial charge < -0.3 is 15.4 Å². The van der Waals surface area contributed by atoms with Crippen molar-refractivity contribution in [2.45, 2.75) is 11.6 Å². The van der Waals surface area contributed by atoms with E-state index in [4.69, 9.17) is 4.74 Å². The number of thioether (sulfide) groups is 1. The molecular formula is C21H20N4O3S. The summed E-state index contributed by atoms with van der Waals surface area (Å²) in [5.41, 5.74) is 1.91. The highest BCUT2D eigenvalue weighted by Crippen LogP contribution is 2.24. The van der Waals surface area contributed by atoms with Gasteiger partial charge in [0.1, 0.15) is 10.8 Å². The number of ether oxygens (including phenoxy) is 1. The van der Waals surface area contributed by atoms with Gasteiger partial charge in [-0.2, -0.15) is 0 Å². The van der Waals surface area contributed by atoms with E-state index >= 15 is 0 Å². The van der Waals surface area contributed by atoms with Crippen molar-refractivity contribution < 1.29 is 14.3 Å². The smallest absolute Gasteiger partial charge is 0.254 e. The maximum atomic E-state index is 12.6. The lowest BCUT2D eigenvalue weighted by Crippen LogP contribution is -2.24. The second kappa shape index (κ2) is 10.2. The molecular weight excluding hydrogens is 388 g/mol. The molecule has 3 aromatic rings. The molecule has 0 saturated heterocycles. The van der Waals surface area contributed by atoms with Gasteiger partial charge in [0.05, 0.1) is 24.1 Å². The zero-order chi connectivity index (χ0) is 20.5. The van der Waals surface area contributed by atoms with Crippen LogP contribution in [0.3, 0.4) is 0 Å². The van der Waals surface area contributed by atoms with Crippen molar-refractivity contribution in [2.75, 3.05) is 18.2 Å². The quantitative estimate of drug-likeness (QED) is 0.556. The largest absolute Gasteiger partial charge is 0.495 e. The van der Waals surface area contributed by atoms with Crippen molar-refractivity contribution in [2.24, 2.45) is 0 Å². The summed E-state index contributed by atoms with van der Waals surface area (Å²) in [5.74, 6) is 0.221. The summed E-state index contributed by atoms with van der Waals surface area (Å²) in [6, 6.07) is 14.2. The molecule has 0 fully saturated rings. The van der Waals surface area contributed by atoms with Gasteiger partial charge in [-0.15, -0.1) is 0 Å². The minimum absolute atomic E-state index is 0.109. The molecule has 148 valence electrons. The summed E-state index contributed by atoms with van der Waals surface area (Å²) in [6.45, 7) is 0.361. The topological polar surface area (TPSA) is 93.2 Å². The Bertz CT molecular complexity index is 982. The molecule has 2 heterocycles. The minimum atomic E-state index is -0.255. The average molecular weight is 408 g/mol. The van der Waals surface area contributed by atoms with Crippen LogP contribution in [0.5, 0.6) is 5.75 Å². The van der Waals surface area contributed by atoms with Crippen LogP contribution in [0.25, 0.3) is 0 Å². The summed E-state index contributed by atoms with van der Waals surface area (Å²) < 4.78 is 5.23. The number of pyridine rings is 2. The highest BCUT2D eigenvalue weighted by atomic mass is 32.2. The Balaban J connectivity index is 1.60. The van der Waals surface area contributed by atoms with E-state index in [0.717, 1.165) is 5.56 Å². The Kier molecular flexibility index (Phi) is 7.18. The number of carbonyl (C=O) groups excluding carboxylic acids is 2. The number of benzene rings is 1. The molecule has 0 atom stereocenters. The van der Waals surface area contributed by atoms with E-state index in [1.165, 1.54) is 11.8 Å². The Labute approximate surface area is 172 Å². The first-order valence-corrected chi connectivity index (χ1v) is 9.83. The molecule has 2 aromatic heterocycles. The fourth-order valence-corrected chi connectivity index (χ4v) is 3.32. The summed E-state index contributed by atoms with van der Waals surface area (Å²) in [7, 11) is 1.55. The van der Waals surface area contributed by atoms with Gasteiger partial charge in [-0.1, -0.05) is 30.0 Å². The maximum Gasteiger partial charge on any atom is 0.254 e. The van der Waals surface area contributed by atoms with Crippen LogP contribution in [0.4, 0.5) is 5.69 Å². The van der Waals surface area contributed by atoms with E-state index in [9.17, 15) is 9.59 Å². The molecule has 0 aliphatic carbocycles. The standard InChI is InChI=1S/C21H20N4O3S/c1-28-18-9-3-2-8-17(18)25-19(26)14-29-21-16(7-5-11-23-21)20(27)24-13-15-6-4-10-22-12-15/h2-12H,13-14H2,1H3,(H,24,27)(H,25,26). The highest BCUT2D eigenvalue weighted by molar-refractivity contribution is 8.00. The number of methoxy groups -OCH3 is 1. The summed E-state index contributed by atoms with van der Waals surface area (Å²) in [4.78, 5) is 33.2. The van der Waals surface area contributed by atoms with E-state index < -0.39 is 0 Å². The van der Waals surface area contributed by atoms with Crippen LogP contribution >= 0.6 is 11.8 Å². The van der Waals surface area contributed by atoms with Gasteiger partial charge in [0.15, 0.2) is 0 Å². The number of anilines is 1. The SMILES string of the molecule is COc1ccccc1NC(=O)CSc1ncccc1C(=O)NCc1cccnc1. The first-order valence-electron chi connectivity index (χ1n) is 8.85. The molecule has 29 heavy (non-hydrogen) atoms. The van der Waals surface area contributed by atoms with Crippen molar-refractivity contribution in [3.05, 3.63) is 78.2 Å². The third-order valence-electron chi connectivity index (χ3n) is 3.91. The van der Waals surface area contributed by atoms with Crippen molar-refractivity contribution in [3.63, 3.8) is 0 Å². The fourth-order valence-electron chi connectivity index (χ4n) is 2.53. The molecule has 2 N–H and O–H groups in total. The van der Waals surface area contributed by atoms with Crippen LogP contribution in [-0.4, -0.2) is 34.6 Å². The van der Waals surface area contributed by atoms with E-state index in [1.54, 1.807) is 50.0 Å². The lowest BCUT2D eigenvalue weighted by Gasteiger charge is -2.11. The van der Waals surface area contributed by atoms with Gasteiger partial charge in [-0.25, -0.2) is 4.98 Å². The van der Waals surface area contributed by atoms with Crippen LogP contribution in [-0.2, 0) is 11.3 Å². The number of carbonyl (C=O) groups is 2. The Morgan fingerprint density at radius 3 is 2.69 bits per heavy atom. The van der Waals surface area contributed by atoms with Crippen molar-refractivity contribution >= 4 is 29.3 Å².